The van der Waals surface area contributed by atoms with Gasteiger partial charge in [-0.15, -0.1) is 0 Å². The molecule has 4 aromatic carbocycles. The monoisotopic (exact) mass is 562 g/mol. The summed E-state index contributed by atoms with van der Waals surface area (Å²) in [4.78, 5) is 40.8. The predicted octanol–water partition coefficient (Wildman–Crippen LogP) is 3.40. The molecule has 0 aliphatic heterocycles. The SMILES string of the molecule is N=C(N)c1cccc(C[C@H](C(N)=O)N(Cc2ccccc2CNC(N)=O)C(=O)C(c2ccccc2)c2ccccc2)c1. The number of benzene rings is 4. The van der Waals surface area contributed by atoms with Crippen molar-refractivity contribution in [3.63, 3.8) is 0 Å². The van der Waals surface area contributed by atoms with Crippen molar-refractivity contribution in [3.8, 4) is 0 Å². The Morgan fingerprint density at radius 2 is 1.31 bits per heavy atom. The molecular formula is C33H34N6O3. The number of nitrogen functional groups attached to an aromatic ring is 1. The zero-order chi connectivity index (χ0) is 30.1. The molecule has 4 aromatic rings. The van der Waals surface area contributed by atoms with Gasteiger partial charge in [0.15, 0.2) is 0 Å². The van der Waals surface area contributed by atoms with Crippen molar-refractivity contribution in [1.82, 2.24) is 10.2 Å². The summed E-state index contributed by atoms with van der Waals surface area (Å²) in [5.41, 5.74) is 21.2. The van der Waals surface area contributed by atoms with Gasteiger partial charge in [0.2, 0.25) is 11.8 Å². The first-order valence-corrected chi connectivity index (χ1v) is 13.5. The highest BCUT2D eigenvalue weighted by molar-refractivity contribution is 5.95. The van der Waals surface area contributed by atoms with Crippen molar-refractivity contribution in [2.24, 2.45) is 17.2 Å². The van der Waals surface area contributed by atoms with Crippen molar-refractivity contribution in [2.45, 2.75) is 31.5 Å². The van der Waals surface area contributed by atoms with Crippen LogP contribution in [0.4, 0.5) is 4.79 Å². The molecule has 9 heteroatoms. The van der Waals surface area contributed by atoms with Crippen molar-refractivity contribution < 1.29 is 14.4 Å². The molecule has 0 radical (unpaired) electrons. The Hall–Kier alpha value is -5.44. The molecule has 4 amide bonds. The highest BCUT2D eigenvalue weighted by atomic mass is 16.2. The number of carbonyl (C=O) groups excluding carboxylic acids is 3. The van der Waals surface area contributed by atoms with Crippen LogP contribution in [0, 0.1) is 5.41 Å². The Balaban J connectivity index is 1.82. The Labute approximate surface area is 244 Å². The summed E-state index contributed by atoms with van der Waals surface area (Å²) in [5.74, 6) is -1.81. The minimum absolute atomic E-state index is 0.0472. The van der Waals surface area contributed by atoms with Gasteiger partial charge in [-0.25, -0.2) is 4.79 Å². The van der Waals surface area contributed by atoms with E-state index in [1.807, 2.05) is 91.0 Å². The van der Waals surface area contributed by atoms with E-state index in [0.29, 0.717) is 11.1 Å². The van der Waals surface area contributed by atoms with Crippen LogP contribution in [0.5, 0.6) is 0 Å². The van der Waals surface area contributed by atoms with E-state index in [0.717, 1.165) is 22.3 Å². The van der Waals surface area contributed by atoms with Gasteiger partial charge in [-0.05, 0) is 33.9 Å². The van der Waals surface area contributed by atoms with E-state index >= 15 is 0 Å². The number of hydrogen-bond acceptors (Lipinski definition) is 4. The van der Waals surface area contributed by atoms with Crippen LogP contribution < -0.4 is 22.5 Å². The van der Waals surface area contributed by atoms with Crippen LogP contribution in [-0.4, -0.2) is 34.6 Å². The minimum atomic E-state index is -1.04. The van der Waals surface area contributed by atoms with Crippen LogP contribution in [0.25, 0.3) is 0 Å². The molecule has 4 rings (SSSR count). The highest BCUT2D eigenvalue weighted by Crippen LogP contribution is 2.30. The fourth-order valence-corrected chi connectivity index (χ4v) is 4.98. The average Bonchev–Trinajstić information content (AvgIpc) is 2.99. The summed E-state index contributed by atoms with van der Waals surface area (Å²) < 4.78 is 0. The number of carbonyl (C=O) groups is 3. The van der Waals surface area contributed by atoms with E-state index < -0.39 is 23.9 Å². The largest absolute Gasteiger partial charge is 0.384 e. The maximum Gasteiger partial charge on any atom is 0.312 e. The van der Waals surface area contributed by atoms with Gasteiger partial charge in [-0.2, -0.15) is 0 Å². The number of primary amides is 2. The predicted molar refractivity (Wildman–Crippen MR) is 162 cm³/mol. The Bertz CT molecular complexity index is 1520. The van der Waals surface area contributed by atoms with Gasteiger partial charge < -0.3 is 27.4 Å². The van der Waals surface area contributed by atoms with E-state index in [1.165, 1.54) is 4.90 Å². The lowest BCUT2D eigenvalue weighted by Crippen LogP contribution is -2.50. The zero-order valence-corrected chi connectivity index (χ0v) is 23.1. The van der Waals surface area contributed by atoms with Crippen LogP contribution >= 0.6 is 0 Å². The van der Waals surface area contributed by atoms with E-state index in [1.54, 1.807) is 18.2 Å². The van der Waals surface area contributed by atoms with Gasteiger partial charge in [-0.3, -0.25) is 15.0 Å². The number of rotatable bonds is 12. The second-order valence-corrected chi connectivity index (χ2v) is 9.94. The van der Waals surface area contributed by atoms with E-state index in [-0.39, 0.29) is 31.3 Å². The Morgan fingerprint density at radius 1 is 0.738 bits per heavy atom. The third-order valence-corrected chi connectivity index (χ3v) is 7.08. The summed E-state index contributed by atoms with van der Waals surface area (Å²) in [6, 6.07) is 31.3. The summed E-state index contributed by atoms with van der Waals surface area (Å²) in [6.45, 7) is 0.196. The molecule has 8 N–H and O–H groups in total. The lowest BCUT2D eigenvalue weighted by molar-refractivity contribution is -0.140. The topological polar surface area (TPSA) is 168 Å². The average molecular weight is 563 g/mol. The van der Waals surface area contributed by atoms with Crippen molar-refractivity contribution >= 4 is 23.7 Å². The second-order valence-electron chi connectivity index (χ2n) is 9.94. The van der Waals surface area contributed by atoms with Gasteiger partial charge in [0.1, 0.15) is 11.9 Å². The first kappa shape index (κ1) is 29.5. The van der Waals surface area contributed by atoms with Crippen LogP contribution in [0.1, 0.15) is 39.3 Å². The molecule has 0 bridgehead atoms. The number of urea groups is 1. The highest BCUT2D eigenvalue weighted by Gasteiger charge is 2.35. The van der Waals surface area contributed by atoms with E-state index in [9.17, 15) is 14.4 Å². The molecule has 0 heterocycles. The Kier molecular flexibility index (Phi) is 9.68. The molecule has 9 nitrogen and oxygen atoms in total. The lowest BCUT2D eigenvalue weighted by Gasteiger charge is -2.34. The van der Waals surface area contributed by atoms with Crippen LogP contribution in [0.2, 0.25) is 0 Å². The third-order valence-electron chi connectivity index (χ3n) is 7.08. The molecule has 0 spiro atoms. The first-order chi connectivity index (χ1) is 20.2. The number of hydrogen-bond donors (Lipinski definition) is 5. The maximum absolute atomic E-state index is 14.7. The molecule has 42 heavy (non-hydrogen) atoms. The van der Waals surface area contributed by atoms with Gasteiger partial charge in [0.25, 0.3) is 0 Å². The normalized spacial score (nSPS) is 11.5. The molecular weight excluding hydrogens is 528 g/mol. The van der Waals surface area contributed by atoms with Gasteiger partial charge in [0, 0.05) is 25.1 Å². The number of nitrogens with two attached hydrogens (primary N) is 3. The van der Waals surface area contributed by atoms with Crippen LogP contribution in [0.15, 0.2) is 109 Å². The molecule has 0 unspecified atom stereocenters. The molecule has 0 saturated heterocycles. The van der Waals surface area contributed by atoms with Crippen LogP contribution in [0.3, 0.4) is 0 Å². The first-order valence-electron chi connectivity index (χ1n) is 13.5. The lowest BCUT2D eigenvalue weighted by atomic mass is 9.88. The molecule has 214 valence electrons. The van der Waals surface area contributed by atoms with Crippen molar-refractivity contribution in [2.75, 3.05) is 0 Å². The maximum atomic E-state index is 14.7. The molecule has 0 aliphatic carbocycles. The second kappa shape index (κ2) is 13.8. The smallest absolute Gasteiger partial charge is 0.312 e. The number of nitrogens with one attached hydrogen (secondary N) is 2. The zero-order valence-electron chi connectivity index (χ0n) is 23.1. The number of amidine groups is 1. The summed E-state index contributed by atoms with van der Waals surface area (Å²) in [6.07, 6.45) is 0.111. The van der Waals surface area contributed by atoms with E-state index in [4.69, 9.17) is 22.6 Å². The molecule has 0 aromatic heterocycles. The standard InChI is InChI=1S/C33H34N6O3/c34-30(35)25-17-9-10-22(18-25)19-28(31(36)40)39(21-27-16-8-7-15-26(27)20-38-33(37)42)32(41)29(23-11-3-1-4-12-23)24-13-5-2-6-14-24/h1-18,28-29H,19-21H2,(H3,34,35)(H2,36,40)(H3,37,38,42)/t28-/m1/s1. The molecule has 1 atom stereocenters. The van der Waals surface area contributed by atoms with Crippen molar-refractivity contribution in [1.29, 1.82) is 5.41 Å². The number of amides is 4. The van der Waals surface area contributed by atoms with Gasteiger partial charge >= 0.3 is 6.03 Å². The molecule has 0 aliphatic rings. The third kappa shape index (κ3) is 7.39. The molecule has 0 fully saturated rings. The van der Waals surface area contributed by atoms with Crippen molar-refractivity contribution in [3.05, 3.63) is 143 Å². The van der Waals surface area contributed by atoms with Crippen LogP contribution in [-0.2, 0) is 29.1 Å². The quantitative estimate of drug-likeness (QED) is 0.132. The summed E-state index contributed by atoms with van der Waals surface area (Å²) >= 11 is 0. The number of nitrogens with zero attached hydrogens (tertiary/aromatic N) is 1. The summed E-state index contributed by atoms with van der Waals surface area (Å²) in [5, 5.41) is 10.4. The fraction of sp³-hybridized carbons (Fsp3) is 0.152. The van der Waals surface area contributed by atoms with Gasteiger partial charge in [0.05, 0.1) is 5.92 Å². The van der Waals surface area contributed by atoms with E-state index in [2.05, 4.69) is 5.32 Å². The molecule has 0 saturated carbocycles. The minimum Gasteiger partial charge on any atom is -0.384 e. The van der Waals surface area contributed by atoms with Gasteiger partial charge in [-0.1, -0.05) is 103 Å². The summed E-state index contributed by atoms with van der Waals surface area (Å²) in [7, 11) is 0. The Morgan fingerprint density at radius 3 is 1.86 bits per heavy atom. The fourth-order valence-electron chi connectivity index (χ4n) is 4.98.